The first-order chi connectivity index (χ1) is 10.6. The number of carboxylic acid groups (broad SMARTS) is 1. The molecule has 1 saturated carbocycles. The van der Waals surface area contributed by atoms with Crippen molar-refractivity contribution in [1.29, 1.82) is 0 Å². The van der Waals surface area contributed by atoms with Crippen molar-refractivity contribution >= 4 is 11.9 Å². The number of ether oxygens (including phenoxy) is 1. The van der Waals surface area contributed by atoms with Gasteiger partial charge >= 0.3 is 11.9 Å². The summed E-state index contributed by atoms with van der Waals surface area (Å²) in [7, 11) is 0. The van der Waals surface area contributed by atoms with E-state index in [1.54, 1.807) is 0 Å². The van der Waals surface area contributed by atoms with Gasteiger partial charge in [-0.15, -0.1) is 0 Å². The molecule has 1 aliphatic rings. The van der Waals surface area contributed by atoms with Crippen LogP contribution in [0.3, 0.4) is 0 Å². The average Bonchev–Trinajstić information content (AvgIpc) is 2.44. The number of carbonyl (C=O) groups is 2. The van der Waals surface area contributed by atoms with Crippen LogP contribution in [-0.4, -0.2) is 22.6 Å². The Bertz CT molecular complexity index is 439. The van der Waals surface area contributed by atoms with Gasteiger partial charge in [0.2, 0.25) is 0 Å². The molecule has 23 heavy (non-hydrogen) atoms. The van der Waals surface area contributed by atoms with Crippen LogP contribution in [0.2, 0.25) is 0 Å². The van der Waals surface area contributed by atoms with E-state index in [9.17, 15) is 9.59 Å². The molecule has 0 saturated heterocycles. The molecule has 0 radical (unpaired) electrons. The Labute approximate surface area is 140 Å². The minimum atomic E-state index is -1.13. The van der Waals surface area contributed by atoms with E-state index < -0.39 is 17.5 Å². The van der Waals surface area contributed by atoms with Gasteiger partial charge in [0.25, 0.3) is 0 Å². The highest BCUT2D eigenvalue weighted by atomic mass is 16.6. The van der Waals surface area contributed by atoms with E-state index in [2.05, 4.69) is 27.7 Å². The fourth-order valence-electron chi connectivity index (χ4n) is 3.81. The maximum atomic E-state index is 11.9. The van der Waals surface area contributed by atoms with Crippen molar-refractivity contribution < 1.29 is 19.4 Å². The summed E-state index contributed by atoms with van der Waals surface area (Å²) in [4.78, 5) is 22.5. The Morgan fingerprint density at radius 3 is 2.00 bits per heavy atom. The van der Waals surface area contributed by atoms with Gasteiger partial charge in [0.15, 0.2) is 0 Å². The molecule has 0 aromatic carbocycles. The SMILES string of the molecule is CCCC(C)(OC(=O)/C=C/C(=O)O)C1CCC(C(C)(C)C)CC1. The predicted octanol–water partition coefficient (Wildman–Crippen LogP) is 4.58. The van der Waals surface area contributed by atoms with Crippen molar-refractivity contribution in [2.24, 2.45) is 17.3 Å². The number of aliphatic carboxylic acids is 1. The summed E-state index contributed by atoms with van der Waals surface area (Å²) in [6.45, 7) is 11.0. The first-order valence-electron chi connectivity index (χ1n) is 8.72. The quantitative estimate of drug-likeness (QED) is 0.573. The summed E-state index contributed by atoms with van der Waals surface area (Å²) in [6, 6.07) is 0. The zero-order chi connectivity index (χ0) is 17.7. The van der Waals surface area contributed by atoms with Crippen LogP contribution >= 0.6 is 0 Å². The molecule has 0 heterocycles. The van der Waals surface area contributed by atoms with Gasteiger partial charge in [0.05, 0.1) is 0 Å². The molecule has 1 atom stereocenters. The molecule has 1 fully saturated rings. The van der Waals surface area contributed by atoms with E-state index in [0.29, 0.717) is 17.3 Å². The van der Waals surface area contributed by atoms with Crippen LogP contribution < -0.4 is 0 Å². The van der Waals surface area contributed by atoms with E-state index in [1.165, 1.54) is 0 Å². The van der Waals surface area contributed by atoms with E-state index in [0.717, 1.165) is 50.7 Å². The second-order valence-electron chi connectivity index (χ2n) is 8.07. The Balaban J connectivity index is 2.74. The fourth-order valence-corrected chi connectivity index (χ4v) is 3.81. The molecule has 1 unspecified atom stereocenters. The molecule has 0 aromatic rings. The summed E-state index contributed by atoms with van der Waals surface area (Å²) in [5.74, 6) is -0.624. The average molecular weight is 324 g/mol. The lowest BCUT2D eigenvalue weighted by Crippen LogP contribution is -2.42. The number of hydrogen-bond donors (Lipinski definition) is 1. The molecule has 0 spiro atoms. The lowest BCUT2D eigenvalue weighted by molar-refractivity contribution is -0.161. The fraction of sp³-hybridized carbons (Fsp3) is 0.789. The monoisotopic (exact) mass is 324 g/mol. The van der Waals surface area contributed by atoms with Crippen molar-refractivity contribution in [1.82, 2.24) is 0 Å². The lowest BCUT2D eigenvalue weighted by atomic mass is 9.66. The molecule has 0 bridgehead atoms. The minimum absolute atomic E-state index is 0.326. The van der Waals surface area contributed by atoms with Crippen molar-refractivity contribution in [3.63, 3.8) is 0 Å². The molecule has 1 N–H and O–H groups in total. The summed E-state index contributed by atoms with van der Waals surface area (Å²) in [5, 5.41) is 8.62. The van der Waals surface area contributed by atoms with E-state index >= 15 is 0 Å². The first kappa shape index (κ1) is 19.7. The summed E-state index contributed by atoms with van der Waals surface area (Å²) < 4.78 is 5.70. The van der Waals surface area contributed by atoms with Crippen molar-refractivity contribution in [3.05, 3.63) is 12.2 Å². The number of carbonyl (C=O) groups excluding carboxylic acids is 1. The maximum Gasteiger partial charge on any atom is 0.331 e. The number of esters is 1. The molecule has 1 rings (SSSR count). The molecule has 0 aromatic heterocycles. The smallest absolute Gasteiger partial charge is 0.331 e. The van der Waals surface area contributed by atoms with Gasteiger partial charge in [-0.3, -0.25) is 0 Å². The van der Waals surface area contributed by atoms with Crippen LogP contribution in [0.25, 0.3) is 0 Å². The molecule has 0 aliphatic heterocycles. The lowest BCUT2D eigenvalue weighted by Gasteiger charge is -2.43. The van der Waals surface area contributed by atoms with Crippen molar-refractivity contribution in [2.75, 3.05) is 0 Å². The van der Waals surface area contributed by atoms with E-state index in [4.69, 9.17) is 9.84 Å². The topological polar surface area (TPSA) is 63.6 Å². The van der Waals surface area contributed by atoms with Crippen LogP contribution in [0.15, 0.2) is 12.2 Å². The second kappa shape index (κ2) is 7.98. The van der Waals surface area contributed by atoms with Crippen LogP contribution in [0.4, 0.5) is 0 Å². The van der Waals surface area contributed by atoms with Crippen LogP contribution in [-0.2, 0) is 14.3 Å². The molecule has 4 heteroatoms. The molecular formula is C19H32O4. The number of hydrogen-bond acceptors (Lipinski definition) is 3. The minimum Gasteiger partial charge on any atom is -0.478 e. The third-order valence-electron chi connectivity index (χ3n) is 5.26. The third-order valence-corrected chi connectivity index (χ3v) is 5.26. The van der Waals surface area contributed by atoms with Gasteiger partial charge < -0.3 is 9.84 Å². The number of carboxylic acids is 1. The van der Waals surface area contributed by atoms with E-state index in [1.807, 2.05) is 6.92 Å². The highest BCUT2D eigenvalue weighted by Gasteiger charge is 2.40. The maximum absolute atomic E-state index is 11.9. The highest BCUT2D eigenvalue weighted by molar-refractivity contribution is 5.90. The second-order valence-corrected chi connectivity index (χ2v) is 8.07. The highest BCUT2D eigenvalue weighted by Crippen LogP contribution is 2.45. The predicted molar refractivity (Wildman–Crippen MR) is 91.1 cm³/mol. The Morgan fingerprint density at radius 2 is 1.57 bits per heavy atom. The molecule has 0 amide bonds. The number of rotatable bonds is 6. The zero-order valence-corrected chi connectivity index (χ0v) is 15.2. The zero-order valence-electron chi connectivity index (χ0n) is 15.2. The largest absolute Gasteiger partial charge is 0.478 e. The van der Waals surface area contributed by atoms with Gasteiger partial charge in [-0.25, -0.2) is 9.59 Å². The van der Waals surface area contributed by atoms with Crippen molar-refractivity contribution in [2.45, 2.75) is 78.7 Å². The third kappa shape index (κ3) is 6.00. The van der Waals surface area contributed by atoms with Crippen LogP contribution in [0.1, 0.15) is 73.1 Å². The summed E-state index contributed by atoms with van der Waals surface area (Å²) in [6.07, 6.45) is 8.05. The normalized spacial score (nSPS) is 25.1. The Hall–Kier alpha value is -1.32. The van der Waals surface area contributed by atoms with Gasteiger partial charge in [-0.2, -0.15) is 0 Å². The Morgan fingerprint density at radius 1 is 1.04 bits per heavy atom. The first-order valence-corrected chi connectivity index (χ1v) is 8.72. The van der Waals surface area contributed by atoms with Crippen LogP contribution in [0, 0.1) is 17.3 Å². The van der Waals surface area contributed by atoms with Gasteiger partial charge in [-0.05, 0) is 56.3 Å². The van der Waals surface area contributed by atoms with Gasteiger partial charge in [0.1, 0.15) is 5.60 Å². The molecule has 132 valence electrons. The Kier molecular flexibility index (Phi) is 6.84. The summed E-state index contributed by atoms with van der Waals surface area (Å²) >= 11 is 0. The van der Waals surface area contributed by atoms with E-state index in [-0.39, 0.29) is 0 Å². The standard InChI is InChI=1S/C19H32O4/c1-6-13-19(5,23-17(22)12-11-16(20)21)15-9-7-14(8-10-15)18(2,3)4/h11-12,14-15H,6-10,13H2,1-5H3,(H,20,21)/b12-11+. The summed E-state index contributed by atoms with van der Waals surface area (Å²) in [5.41, 5.74) is -0.176. The van der Waals surface area contributed by atoms with Crippen molar-refractivity contribution in [3.8, 4) is 0 Å². The van der Waals surface area contributed by atoms with Gasteiger partial charge in [0, 0.05) is 12.2 Å². The van der Waals surface area contributed by atoms with Gasteiger partial charge in [-0.1, -0.05) is 34.1 Å². The molecule has 4 nitrogen and oxygen atoms in total. The molecule has 1 aliphatic carbocycles. The van der Waals surface area contributed by atoms with Crippen LogP contribution in [0.5, 0.6) is 0 Å². The molecular weight excluding hydrogens is 292 g/mol.